The molecule has 1 amide bonds. The van der Waals surface area contributed by atoms with Gasteiger partial charge in [-0.3, -0.25) is 9.59 Å². The Balaban J connectivity index is 1.52. The molecule has 0 spiro atoms. The fourth-order valence-electron chi connectivity index (χ4n) is 3.60. The molecule has 4 aromatic carbocycles. The predicted octanol–water partition coefficient (Wildman–Crippen LogP) is 6.98. The van der Waals surface area contributed by atoms with Gasteiger partial charge in [-0.2, -0.15) is 0 Å². The summed E-state index contributed by atoms with van der Waals surface area (Å²) in [7, 11) is 0. The quantitative estimate of drug-likeness (QED) is 0.225. The summed E-state index contributed by atoms with van der Waals surface area (Å²) in [5, 5.41) is 3.55. The van der Waals surface area contributed by atoms with E-state index in [0.29, 0.717) is 22.7 Å². The molecule has 1 N–H and O–H groups in total. The van der Waals surface area contributed by atoms with Crippen LogP contribution in [0, 0.1) is 0 Å². The molecule has 4 aromatic rings. The van der Waals surface area contributed by atoms with Crippen molar-refractivity contribution in [3.8, 4) is 11.1 Å². The van der Waals surface area contributed by atoms with Gasteiger partial charge in [-0.25, -0.2) is 0 Å². The van der Waals surface area contributed by atoms with Crippen molar-refractivity contribution in [2.24, 2.45) is 0 Å². The van der Waals surface area contributed by atoms with Gasteiger partial charge >= 0.3 is 0 Å². The first-order valence-corrected chi connectivity index (χ1v) is 11.4. The molecule has 0 saturated carbocycles. The minimum absolute atomic E-state index is 0.00602. The number of rotatable bonds is 8. The average molecular weight is 466 g/mol. The van der Waals surface area contributed by atoms with Crippen molar-refractivity contribution in [3.05, 3.63) is 136 Å². The van der Waals surface area contributed by atoms with E-state index in [0.717, 1.165) is 22.3 Å². The SMILES string of the molecule is O=C(NCc1ccccc1)/C(=C/c1ccc(Cl)cc1)CC(=O)c1ccc(-c2ccccc2)cc1. The fourth-order valence-corrected chi connectivity index (χ4v) is 3.73. The largest absolute Gasteiger partial charge is 0.348 e. The molecule has 4 heteroatoms. The van der Waals surface area contributed by atoms with Gasteiger partial charge in [0.2, 0.25) is 5.91 Å². The number of hydrogen-bond donors (Lipinski definition) is 1. The number of nitrogens with one attached hydrogen (secondary N) is 1. The molecule has 34 heavy (non-hydrogen) atoms. The lowest BCUT2D eigenvalue weighted by Crippen LogP contribution is -2.25. The van der Waals surface area contributed by atoms with E-state index in [1.807, 2.05) is 97.1 Å². The number of carbonyl (C=O) groups is 2. The van der Waals surface area contributed by atoms with Crippen LogP contribution in [0.25, 0.3) is 17.2 Å². The second-order valence-electron chi connectivity index (χ2n) is 7.93. The van der Waals surface area contributed by atoms with Crippen molar-refractivity contribution in [3.63, 3.8) is 0 Å². The van der Waals surface area contributed by atoms with Gasteiger partial charge in [0.1, 0.15) is 0 Å². The van der Waals surface area contributed by atoms with Crippen LogP contribution in [0.1, 0.15) is 27.9 Å². The highest BCUT2D eigenvalue weighted by Crippen LogP contribution is 2.21. The van der Waals surface area contributed by atoms with Crippen LogP contribution < -0.4 is 5.32 Å². The van der Waals surface area contributed by atoms with E-state index in [1.165, 1.54) is 0 Å². The number of carbonyl (C=O) groups excluding carboxylic acids is 2. The molecule has 0 unspecified atom stereocenters. The van der Waals surface area contributed by atoms with Crippen LogP contribution in [0.5, 0.6) is 0 Å². The van der Waals surface area contributed by atoms with Crippen molar-refractivity contribution in [2.75, 3.05) is 0 Å². The molecule has 0 atom stereocenters. The van der Waals surface area contributed by atoms with Gasteiger partial charge in [-0.05, 0) is 40.5 Å². The normalized spacial score (nSPS) is 11.1. The lowest BCUT2D eigenvalue weighted by molar-refractivity contribution is -0.117. The monoisotopic (exact) mass is 465 g/mol. The van der Waals surface area contributed by atoms with Crippen molar-refractivity contribution >= 4 is 29.4 Å². The molecule has 0 aliphatic heterocycles. The first-order chi connectivity index (χ1) is 16.6. The van der Waals surface area contributed by atoms with Crippen LogP contribution in [0.4, 0.5) is 0 Å². The Morgan fingerprint density at radius 3 is 1.94 bits per heavy atom. The maximum Gasteiger partial charge on any atom is 0.247 e. The van der Waals surface area contributed by atoms with Crippen LogP contribution in [0.3, 0.4) is 0 Å². The summed E-state index contributed by atoms with van der Waals surface area (Å²) in [5.74, 6) is -0.386. The Bertz CT molecular complexity index is 1280. The van der Waals surface area contributed by atoms with Gasteiger partial charge in [0.25, 0.3) is 0 Å². The highest BCUT2D eigenvalue weighted by Gasteiger charge is 2.16. The molecule has 3 nitrogen and oxygen atoms in total. The molecular weight excluding hydrogens is 442 g/mol. The summed E-state index contributed by atoms with van der Waals surface area (Å²) in [6, 6.07) is 34.3. The first kappa shape index (κ1) is 23.2. The van der Waals surface area contributed by atoms with Crippen molar-refractivity contribution < 1.29 is 9.59 Å². The topological polar surface area (TPSA) is 46.2 Å². The zero-order valence-corrected chi connectivity index (χ0v) is 19.3. The molecule has 0 bridgehead atoms. The standard InChI is InChI=1S/C30H24ClNO2/c31-28-17-11-22(12-18-28)19-27(30(34)32-21-23-7-3-1-4-8-23)20-29(33)26-15-13-25(14-16-26)24-9-5-2-6-10-24/h1-19H,20-21H2,(H,32,34)/b27-19+. The van der Waals surface area contributed by atoms with E-state index in [4.69, 9.17) is 11.6 Å². The minimum atomic E-state index is -0.270. The van der Waals surface area contributed by atoms with Crippen LogP contribution in [-0.2, 0) is 11.3 Å². The molecule has 0 saturated heterocycles. The zero-order valence-electron chi connectivity index (χ0n) is 18.6. The highest BCUT2D eigenvalue weighted by atomic mass is 35.5. The Morgan fingerprint density at radius 2 is 1.29 bits per heavy atom. The summed E-state index contributed by atoms with van der Waals surface area (Å²) < 4.78 is 0. The summed E-state index contributed by atoms with van der Waals surface area (Å²) in [5.41, 5.74) is 4.89. The van der Waals surface area contributed by atoms with Crippen molar-refractivity contribution in [1.29, 1.82) is 0 Å². The lowest BCUT2D eigenvalue weighted by atomic mass is 9.98. The summed E-state index contributed by atoms with van der Waals surface area (Å²) >= 11 is 6.00. The molecular formula is C30H24ClNO2. The Morgan fingerprint density at radius 1 is 0.706 bits per heavy atom. The molecule has 0 fully saturated rings. The Labute approximate surface area is 204 Å². The molecule has 4 rings (SSSR count). The molecule has 0 aliphatic rings. The lowest BCUT2D eigenvalue weighted by Gasteiger charge is -2.10. The van der Waals surface area contributed by atoms with E-state index >= 15 is 0 Å². The van der Waals surface area contributed by atoms with Crippen LogP contribution in [-0.4, -0.2) is 11.7 Å². The fraction of sp³-hybridized carbons (Fsp3) is 0.0667. The van der Waals surface area contributed by atoms with Crippen molar-refractivity contribution in [1.82, 2.24) is 5.32 Å². The van der Waals surface area contributed by atoms with Crippen molar-refractivity contribution in [2.45, 2.75) is 13.0 Å². The summed E-state index contributed by atoms with van der Waals surface area (Å²) in [6.45, 7) is 0.387. The van der Waals surface area contributed by atoms with Gasteiger partial charge in [-0.1, -0.05) is 109 Å². The van der Waals surface area contributed by atoms with Gasteiger partial charge in [0.15, 0.2) is 5.78 Å². The third-order valence-corrected chi connectivity index (χ3v) is 5.72. The predicted molar refractivity (Wildman–Crippen MR) is 139 cm³/mol. The Hall–Kier alpha value is -3.95. The Kier molecular flexibility index (Phi) is 7.69. The van der Waals surface area contributed by atoms with Crippen LogP contribution >= 0.6 is 11.6 Å². The minimum Gasteiger partial charge on any atom is -0.348 e. The van der Waals surface area contributed by atoms with E-state index in [9.17, 15) is 9.59 Å². The van der Waals surface area contributed by atoms with Gasteiger partial charge in [-0.15, -0.1) is 0 Å². The number of Topliss-reactive ketones (excluding diaryl/α,β-unsaturated/α-hetero) is 1. The van der Waals surface area contributed by atoms with Gasteiger partial charge in [0, 0.05) is 29.1 Å². The average Bonchev–Trinajstić information content (AvgIpc) is 2.89. The number of ketones is 1. The second kappa shape index (κ2) is 11.3. The second-order valence-corrected chi connectivity index (χ2v) is 8.37. The smallest absolute Gasteiger partial charge is 0.247 e. The number of amides is 1. The molecule has 0 radical (unpaired) electrons. The molecule has 0 heterocycles. The van der Waals surface area contributed by atoms with E-state index in [-0.39, 0.29) is 18.1 Å². The maximum absolute atomic E-state index is 13.1. The summed E-state index contributed by atoms with van der Waals surface area (Å²) in [4.78, 5) is 26.1. The van der Waals surface area contributed by atoms with Crippen LogP contribution in [0.15, 0.2) is 115 Å². The highest BCUT2D eigenvalue weighted by molar-refractivity contribution is 6.30. The van der Waals surface area contributed by atoms with Gasteiger partial charge < -0.3 is 5.32 Å². The van der Waals surface area contributed by atoms with Gasteiger partial charge in [0.05, 0.1) is 0 Å². The van der Waals surface area contributed by atoms with E-state index < -0.39 is 0 Å². The zero-order chi connectivity index (χ0) is 23.8. The number of halogens is 1. The molecule has 0 aliphatic carbocycles. The third-order valence-electron chi connectivity index (χ3n) is 5.46. The van der Waals surface area contributed by atoms with E-state index in [1.54, 1.807) is 18.2 Å². The number of hydrogen-bond acceptors (Lipinski definition) is 2. The first-order valence-electron chi connectivity index (χ1n) is 11.1. The third kappa shape index (κ3) is 6.31. The van der Waals surface area contributed by atoms with Crippen LogP contribution in [0.2, 0.25) is 5.02 Å². The van der Waals surface area contributed by atoms with E-state index in [2.05, 4.69) is 5.32 Å². The molecule has 168 valence electrons. The summed E-state index contributed by atoms with van der Waals surface area (Å²) in [6.07, 6.45) is 1.74. The molecule has 0 aromatic heterocycles. The number of benzene rings is 4. The maximum atomic E-state index is 13.1.